The highest BCUT2D eigenvalue weighted by atomic mass is 16.7. The zero-order valence-corrected chi connectivity index (χ0v) is 10.8. The standard InChI is InChI=1S/C14H13N3O3/c1-9-2-3-11(7-15-9)17-14(18)16-10-4-5-12-13(6-10)20-8-19-12/h2-7H,8H2,1H3,(H2,16,17,18). The van der Waals surface area contributed by atoms with Gasteiger partial charge in [-0.1, -0.05) is 0 Å². The van der Waals surface area contributed by atoms with E-state index in [2.05, 4.69) is 15.6 Å². The lowest BCUT2D eigenvalue weighted by atomic mass is 10.3. The molecule has 1 aliphatic rings. The number of amides is 2. The van der Waals surface area contributed by atoms with Crippen LogP contribution in [0.3, 0.4) is 0 Å². The molecule has 2 N–H and O–H groups in total. The molecule has 0 aliphatic carbocycles. The minimum absolute atomic E-state index is 0.208. The van der Waals surface area contributed by atoms with Gasteiger partial charge in [-0.05, 0) is 31.2 Å². The fourth-order valence-electron chi connectivity index (χ4n) is 1.81. The van der Waals surface area contributed by atoms with E-state index in [1.165, 1.54) is 0 Å². The van der Waals surface area contributed by atoms with Crippen LogP contribution in [-0.2, 0) is 0 Å². The molecule has 0 saturated carbocycles. The monoisotopic (exact) mass is 271 g/mol. The number of fused-ring (bicyclic) bond motifs is 1. The molecular formula is C14H13N3O3. The predicted molar refractivity (Wildman–Crippen MR) is 74.2 cm³/mol. The Morgan fingerprint density at radius 1 is 1.10 bits per heavy atom. The summed E-state index contributed by atoms with van der Waals surface area (Å²) in [4.78, 5) is 16.0. The average Bonchev–Trinajstić information content (AvgIpc) is 2.89. The summed E-state index contributed by atoms with van der Waals surface area (Å²) in [6, 6.07) is 8.51. The van der Waals surface area contributed by atoms with Crippen molar-refractivity contribution in [3.63, 3.8) is 0 Å². The fraction of sp³-hybridized carbons (Fsp3) is 0.143. The van der Waals surface area contributed by atoms with Gasteiger partial charge in [-0.25, -0.2) is 4.79 Å². The number of carbonyl (C=O) groups excluding carboxylic acids is 1. The van der Waals surface area contributed by atoms with Gasteiger partial charge < -0.3 is 20.1 Å². The Kier molecular flexibility index (Phi) is 3.12. The lowest BCUT2D eigenvalue weighted by molar-refractivity contribution is 0.174. The van der Waals surface area contributed by atoms with Gasteiger partial charge in [0.1, 0.15) is 0 Å². The van der Waals surface area contributed by atoms with Crippen molar-refractivity contribution < 1.29 is 14.3 Å². The Morgan fingerprint density at radius 2 is 1.85 bits per heavy atom. The summed E-state index contributed by atoms with van der Waals surface area (Å²) in [5.74, 6) is 1.30. The zero-order valence-electron chi connectivity index (χ0n) is 10.8. The molecule has 0 radical (unpaired) electrons. The molecule has 0 fully saturated rings. The minimum Gasteiger partial charge on any atom is -0.454 e. The zero-order chi connectivity index (χ0) is 13.9. The molecule has 0 saturated heterocycles. The molecule has 0 unspecified atom stereocenters. The highest BCUT2D eigenvalue weighted by Crippen LogP contribution is 2.34. The predicted octanol–water partition coefficient (Wildman–Crippen LogP) is 2.76. The van der Waals surface area contributed by atoms with Gasteiger partial charge in [-0.3, -0.25) is 4.98 Å². The van der Waals surface area contributed by atoms with Crippen molar-refractivity contribution in [3.8, 4) is 11.5 Å². The maximum Gasteiger partial charge on any atom is 0.323 e. The lowest BCUT2D eigenvalue weighted by Gasteiger charge is -2.08. The van der Waals surface area contributed by atoms with Crippen molar-refractivity contribution in [2.24, 2.45) is 0 Å². The van der Waals surface area contributed by atoms with Crippen LogP contribution in [0.2, 0.25) is 0 Å². The SMILES string of the molecule is Cc1ccc(NC(=O)Nc2ccc3c(c2)OCO3)cn1. The topological polar surface area (TPSA) is 72.5 Å². The Hall–Kier alpha value is -2.76. The molecule has 2 amide bonds. The first-order valence-electron chi connectivity index (χ1n) is 6.11. The summed E-state index contributed by atoms with van der Waals surface area (Å²) in [5.41, 5.74) is 2.16. The number of aromatic nitrogens is 1. The summed E-state index contributed by atoms with van der Waals surface area (Å²) in [6.45, 7) is 2.09. The molecule has 3 rings (SSSR count). The van der Waals surface area contributed by atoms with Crippen molar-refractivity contribution >= 4 is 17.4 Å². The van der Waals surface area contributed by atoms with Crippen LogP contribution in [0.15, 0.2) is 36.5 Å². The van der Waals surface area contributed by atoms with E-state index in [0.717, 1.165) is 5.69 Å². The van der Waals surface area contributed by atoms with Gasteiger partial charge in [0.15, 0.2) is 11.5 Å². The number of rotatable bonds is 2. The van der Waals surface area contributed by atoms with Gasteiger partial charge in [0.05, 0.1) is 11.9 Å². The van der Waals surface area contributed by atoms with Gasteiger partial charge in [-0.15, -0.1) is 0 Å². The Labute approximate surface area is 115 Å². The number of ether oxygens (including phenoxy) is 2. The molecule has 0 bridgehead atoms. The van der Waals surface area contributed by atoms with Crippen molar-refractivity contribution in [2.45, 2.75) is 6.92 Å². The highest BCUT2D eigenvalue weighted by Gasteiger charge is 2.14. The van der Waals surface area contributed by atoms with Crippen molar-refractivity contribution in [3.05, 3.63) is 42.2 Å². The minimum atomic E-state index is -0.338. The van der Waals surface area contributed by atoms with E-state index in [1.807, 2.05) is 13.0 Å². The molecule has 102 valence electrons. The molecule has 20 heavy (non-hydrogen) atoms. The van der Waals surface area contributed by atoms with Crippen molar-refractivity contribution in [1.82, 2.24) is 4.98 Å². The van der Waals surface area contributed by atoms with Crippen LogP contribution in [0.1, 0.15) is 5.69 Å². The summed E-state index contributed by atoms with van der Waals surface area (Å²) < 4.78 is 10.5. The van der Waals surface area contributed by atoms with E-state index < -0.39 is 0 Å². The Morgan fingerprint density at radius 3 is 2.65 bits per heavy atom. The number of hydrogen-bond donors (Lipinski definition) is 2. The van der Waals surface area contributed by atoms with E-state index in [4.69, 9.17) is 9.47 Å². The van der Waals surface area contributed by atoms with E-state index in [0.29, 0.717) is 22.9 Å². The molecule has 1 aliphatic heterocycles. The van der Waals surface area contributed by atoms with Gasteiger partial charge in [0.25, 0.3) is 0 Å². The van der Waals surface area contributed by atoms with Gasteiger partial charge in [0, 0.05) is 17.4 Å². The Bertz CT molecular complexity index is 641. The van der Waals surface area contributed by atoms with Crippen molar-refractivity contribution in [2.75, 3.05) is 17.4 Å². The number of aryl methyl sites for hydroxylation is 1. The smallest absolute Gasteiger partial charge is 0.323 e. The summed E-state index contributed by atoms with van der Waals surface area (Å²) in [7, 11) is 0. The normalized spacial score (nSPS) is 12.1. The third-order valence-electron chi connectivity index (χ3n) is 2.80. The number of urea groups is 1. The number of nitrogens with one attached hydrogen (secondary N) is 2. The quantitative estimate of drug-likeness (QED) is 0.881. The first-order valence-corrected chi connectivity index (χ1v) is 6.11. The maximum atomic E-state index is 11.8. The van der Waals surface area contributed by atoms with Crippen LogP contribution < -0.4 is 20.1 Å². The molecular weight excluding hydrogens is 258 g/mol. The summed E-state index contributed by atoms with van der Waals surface area (Å²) in [5, 5.41) is 5.42. The van der Waals surface area contributed by atoms with Gasteiger partial charge in [0.2, 0.25) is 6.79 Å². The molecule has 2 aromatic rings. The number of pyridine rings is 1. The summed E-state index contributed by atoms with van der Waals surface area (Å²) in [6.07, 6.45) is 1.61. The second kappa shape index (κ2) is 5.08. The molecule has 1 aromatic heterocycles. The van der Waals surface area contributed by atoms with Gasteiger partial charge >= 0.3 is 6.03 Å². The van der Waals surface area contributed by atoms with Crippen LogP contribution in [0, 0.1) is 6.92 Å². The second-order valence-corrected chi connectivity index (χ2v) is 4.34. The maximum absolute atomic E-state index is 11.8. The fourth-order valence-corrected chi connectivity index (χ4v) is 1.81. The molecule has 0 atom stereocenters. The largest absolute Gasteiger partial charge is 0.454 e. The van der Waals surface area contributed by atoms with Crippen LogP contribution in [-0.4, -0.2) is 17.8 Å². The number of nitrogens with zero attached hydrogens (tertiary/aromatic N) is 1. The lowest BCUT2D eigenvalue weighted by Crippen LogP contribution is -2.19. The molecule has 1 aromatic carbocycles. The van der Waals surface area contributed by atoms with Crippen LogP contribution in [0.5, 0.6) is 11.5 Å². The van der Waals surface area contributed by atoms with Crippen LogP contribution in [0.25, 0.3) is 0 Å². The Balaban J connectivity index is 1.65. The third kappa shape index (κ3) is 2.64. The molecule has 6 nitrogen and oxygen atoms in total. The van der Waals surface area contributed by atoms with E-state index in [1.54, 1.807) is 30.5 Å². The van der Waals surface area contributed by atoms with Crippen LogP contribution in [0.4, 0.5) is 16.2 Å². The highest BCUT2D eigenvalue weighted by molar-refractivity contribution is 5.99. The number of hydrogen-bond acceptors (Lipinski definition) is 4. The number of anilines is 2. The first kappa shape index (κ1) is 12.3. The second-order valence-electron chi connectivity index (χ2n) is 4.34. The van der Waals surface area contributed by atoms with E-state index >= 15 is 0 Å². The molecule has 2 heterocycles. The molecule has 6 heteroatoms. The van der Waals surface area contributed by atoms with E-state index in [-0.39, 0.29) is 12.8 Å². The first-order chi connectivity index (χ1) is 9.70. The van der Waals surface area contributed by atoms with Crippen molar-refractivity contribution in [1.29, 1.82) is 0 Å². The van der Waals surface area contributed by atoms with E-state index in [9.17, 15) is 4.79 Å². The van der Waals surface area contributed by atoms with Crippen LogP contribution >= 0.6 is 0 Å². The number of carbonyl (C=O) groups is 1. The summed E-state index contributed by atoms with van der Waals surface area (Å²) >= 11 is 0. The average molecular weight is 271 g/mol. The molecule has 0 spiro atoms. The third-order valence-corrected chi connectivity index (χ3v) is 2.80. The van der Waals surface area contributed by atoms with Gasteiger partial charge in [-0.2, -0.15) is 0 Å². The number of benzene rings is 1.